The Bertz CT molecular complexity index is 206. The van der Waals surface area contributed by atoms with Gasteiger partial charge in [-0.05, 0) is 25.7 Å². The fraction of sp³-hybridized carbons (Fsp3) is 0.778. The minimum atomic E-state index is 0.833. The van der Waals surface area contributed by atoms with Crippen LogP contribution in [0.5, 0.6) is 0 Å². The number of unbranched alkanes of at least 4 members (excludes halogenated alkanes) is 10. The first-order valence-corrected chi connectivity index (χ1v) is 8.83. The van der Waals surface area contributed by atoms with Crippen LogP contribution in [0.15, 0.2) is 24.3 Å². The van der Waals surface area contributed by atoms with Crippen molar-refractivity contribution in [1.82, 2.24) is 0 Å². The summed E-state index contributed by atoms with van der Waals surface area (Å²) in [6, 6.07) is 0. The molecule has 0 saturated heterocycles. The van der Waals surface area contributed by atoms with Gasteiger partial charge in [-0.25, -0.2) is 0 Å². The fourth-order valence-corrected chi connectivity index (χ4v) is 2.28. The van der Waals surface area contributed by atoms with Crippen molar-refractivity contribution >= 4 is 11.6 Å². The molecule has 0 spiro atoms. The summed E-state index contributed by atoms with van der Waals surface area (Å²) in [7, 11) is 0. The highest BCUT2D eigenvalue weighted by atomic mass is 35.5. The van der Waals surface area contributed by atoms with Gasteiger partial charge < -0.3 is 0 Å². The zero-order valence-electron chi connectivity index (χ0n) is 12.9. The Morgan fingerprint density at radius 2 is 1.11 bits per heavy atom. The van der Waals surface area contributed by atoms with Crippen LogP contribution < -0.4 is 0 Å². The molecule has 0 aliphatic heterocycles. The third-order valence-corrected chi connectivity index (χ3v) is 3.63. The molecular formula is C18H33Cl. The standard InChI is InChI=1S/C18H33Cl/c1-2-3-4-5-6-7-8-9-10-11-12-13-14-15-16-17-18-19/h5-8H,2-4,9-18H2,1H3/b6-5-,8-7-. The van der Waals surface area contributed by atoms with Crippen molar-refractivity contribution in [2.24, 2.45) is 0 Å². The molecule has 0 rings (SSSR count). The van der Waals surface area contributed by atoms with Crippen LogP contribution in [0.25, 0.3) is 0 Å². The van der Waals surface area contributed by atoms with Crippen LogP contribution in [0, 0.1) is 0 Å². The van der Waals surface area contributed by atoms with Crippen LogP contribution in [0.2, 0.25) is 0 Å². The fourth-order valence-electron chi connectivity index (χ4n) is 2.09. The molecule has 0 aromatic heterocycles. The molecule has 0 aliphatic rings. The average molecular weight is 285 g/mol. The first-order valence-electron chi connectivity index (χ1n) is 8.29. The van der Waals surface area contributed by atoms with E-state index in [0.717, 1.165) is 5.88 Å². The predicted octanol–water partition coefficient (Wildman–Crippen LogP) is 7.04. The minimum absolute atomic E-state index is 0.833. The van der Waals surface area contributed by atoms with Crippen LogP contribution in [-0.4, -0.2) is 5.88 Å². The van der Waals surface area contributed by atoms with E-state index >= 15 is 0 Å². The molecule has 0 aliphatic carbocycles. The van der Waals surface area contributed by atoms with Gasteiger partial charge in [0.1, 0.15) is 0 Å². The van der Waals surface area contributed by atoms with Crippen molar-refractivity contribution in [1.29, 1.82) is 0 Å². The van der Waals surface area contributed by atoms with Crippen LogP contribution >= 0.6 is 11.6 Å². The van der Waals surface area contributed by atoms with E-state index in [1.165, 1.54) is 77.0 Å². The van der Waals surface area contributed by atoms with Gasteiger partial charge >= 0.3 is 0 Å². The number of alkyl halides is 1. The molecule has 0 bridgehead atoms. The first-order chi connectivity index (χ1) is 9.41. The number of allylic oxidation sites excluding steroid dienone is 4. The molecule has 0 aromatic rings. The van der Waals surface area contributed by atoms with Crippen molar-refractivity contribution in [3.63, 3.8) is 0 Å². The van der Waals surface area contributed by atoms with E-state index in [2.05, 4.69) is 31.2 Å². The molecule has 19 heavy (non-hydrogen) atoms. The van der Waals surface area contributed by atoms with E-state index in [9.17, 15) is 0 Å². The van der Waals surface area contributed by atoms with Crippen LogP contribution in [0.4, 0.5) is 0 Å². The molecule has 0 fully saturated rings. The highest BCUT2D eigenvalue weighted by molar-refractivity contribution is 6.17. The number of rotatable bonds is 14. The van der Waals surface area contributed by atoms with Crippen molar-refractivity contribution in [2.75, 3.05) is 5.88 Å². The lowest BCUT2D eigenvalue weighted by Crippen LogP contribution is -1.81. The Morgan fingerprint density at radius 3 is 1.63 bits per heavy atom. The summed E-state index contributed by atoms with van der Waals surface area (Å²) in [5.74, 6) is 0.833. The SMILES string of the molecule is CCCC/C=C\C=C/CCCCCCCCCCCl. The van der Waals surface area contributed by atoms with Gasteiger partial charge in [0, 0.05) is 5.88 Å². The molecular weight excluding hydrogens is 252 g/mol. The third-order valence-electron chi connectivity index (χ3n) is 3.36. The number of hydrogen-bond acceptors (Lipinski definition) is 0. The quantitative estimate of drug-likeness (QED) is 0.182. The van der Waals surface area contributed by atoms with Gasteiger partial charge in [0.2, 0.25) is 0 Å². The van der Waals surface area contributed by atoms with Gasteiger partial charge in [0.05, 0.1) is 0 Å². The molecule has 0 N–H and O–H groups in total. The molecule has 112 valence electrons. The summed E-state index contributed by atoms with van der Waals surface area (Å²) in [6.45, 7) is 2.24. The monoisotopic (exact) mass is 284 g/mol. The van der Waals surface area contributed by atoms with E-state index in [0.29, 0.717) is 0 Å². The van der Waals surface area contributed by atoms with Crippen LogP contribution in [0.1, 0.15) is 84.0 Å². The highest BCUT2D eigenvalue weighted by Gasteiger charge is 1.91. The van der Waals surface area contributed by atoms with Crippen LogP contribution in [0.3, 0.4) is 0 Å². The smallest absolute Gasteiger partial charge is 0.0223 e. The van der Waals surface area contributed by atoms with Gasteiger partial charge in [-0.15, -0.1) is 11.6 Å². The second kappa shape index (κ2) is 17.8. The van der Waals surface area contributed by atoms with Gasteiger partial charge in [0.15, 0.2) is 0 Å². The maximum absolute atomic E-state index is 5.65. The van der Waals surface area contributed by atoms with E-state index in [1.54, 1.807) is 0 Å². The van der Waals surface area contributed by atoms with Crippen LogP contribution in [-0.2, 0) is 0 Å². The Morgan fingerprint density at radius 1 is 0.632 bits per heavy atom. The molecule has 0 amide bonds. The Balaban J connectivity index is 3.09. The summed E-state index contributed by atoms with van der Waals surface area (Å²) in [4.78, 5) is 0. The topological polar surface area (TPSA) is 0 Å². The van der Waals surface area contributed by atoms with E-state index in [-0.39, 0.29) is 0 Å². The maximum atomic E-state index is 5.65. The molecule has 0 aromatic carbocycles. The molecule has 0 heterocycles. The third kappa shape index (κ3) is 17.8. The molecule has 0 radical (unpaired) electrons. The van der Waals surface area contributed by atoms with Gasteiger partial charge in [-0.1, -0.05) is 82.6 Å². The van der Waals surface area contributed by atoms with Crippen molar-refractivity contribution in [2.45, 2.75) is 84.0 Å². The van der Waals surface area contributed by atoms with Gasteiger partial charge in [-0.2, -0.15) is 0 Å². The lowest BCUT2D eigenvalue weighted by Gasteiger charge is -2.00. The largest absolute Gasteiger partial charge is 0.127 e. The normalized spacial score (nSPS) is 11.9. The average Bonchev–Trinajstić information content (AvgIpc) is 2.43. The van der Waals surface area contributed by atoms with Crippen molar-refractivity contribution < 1.29 is 0 Å². The zero-order chi connectivity index (χ0) is 14.0. The van der Waals surface area contributed by atoms with E-state index in [4.69, 9.17) is 11.6 Å². The Kier molecular flexibility index (Phi) is 17.6. The summed E-state index contributed by atoms with van der Waals surface area (Å²) in [6.07, 6.45) is 24.9. The van der Waals surface area contributed by atoms with Crippen molar-refractivity contribution in [3.05, 3.63) is 24.3 Å². The Labute approximate surface area is 126 Å². The lowest BCUT2D eigenvalue weighted by atomic mass is 10.1. The number of halogens is 1. The summed E-state index contributed by atoms with van der Waals surface area (Å²) in [5, 5.41) is 0. The summed E-state index contributed by atoms with van der Waals surface area (Å²) >= 11 is 5.65. The number of hydrogen-bond donors (Lipinski definition) is 0. The summed E-state index contributed by atoms with van der Waals surface area (Å²) in [5.41, 5.74) is 0. The van der Waals surface area contributed by atoms with Gasteiger partial charge in [-0.3, -0.25) is 0 Å². The maximum Gasteiger partial charge on any atom is 0.0223 e. The van der Waals surface area contributed by atoms with E-state index < -0.39 is 0 Å². The zero-order valence-corrected chi connectivity index (χ0v) is 13.6. The molecule has 1 heteroatoms. The highest BCUT2D eigenvalue weighted by Crippen LogP contribution is 2.10. The minimum Gasteiger partial charge on any atom is -0.127 e. The second-order valence-electron chi connectivity index (χ2n) is 5.30. The molecule has 0 unspecified atom stereocenters. The predicted molar refractivity (Wildman–Crippen MR) is 90.1 cm³/mol. The molecule has 0 saturated carbocycles. The molecule has 0 atom stereocenters. The second-order valence-corrected chi connectivity index (χ2v) is 5.68. The summed E-state index contributed by atoms with van der Waals surface area (Å²) < 4.78 is 0. The molecule has 0 nitrogen and oxygen atoms in total. The van der Waals surface area contributed by atoms with E-state index in [1.807, 2.05) is 0 Å². The first kappa shape index (κ1) is 18.8. The van der Waals surface area contributed by atoms with Crippen molar-refractivity contribution in [3.8, 4) is 0 Å². The van der Waals surface area contributed by atoms with Gasteiger partial charge in [0.25, 0.3) is 0 Å². The Hall–Kier alpha value is -0.230. The lowest BCUT2D eigenvalue weighted by molar-refractivity contribution is 0.578.